The van der Waals surface area contributed by atoms with E-state index >= 15 is 0 Å². The number of aromatic hydroxyl groups is 1. The molecule has 0 unspecified atom stereocenters. The van der Waals surface area contributed by atoms with E-state index in [4.69, 9.17) is 14.4 Å². The second-order valence-corrected chi connectivity index (χ2v) is 9.89. The van der Waals surface area contributed by atoms with Crippen LogP contribution in [0.1, 0.15) is 36.5 Å². The Labute approximate surface area is 236 Å². The summed E-state index contributed by atoms with van der Waals surface area (Å²) in [4.78, 5) is 9.60. The van der Waals surface area contributed by atoms with Crippen molar-refractivity contribution in [2.24, 2.45) is 0 Å². The van der Waals surface area contributed by atoms with Crippen molar-refractivity contribution in [3.63, 3.8) is 0 Å². The molecule has 0 saturated carbocycles. The Kier molecular flexibility index (Phi) is 6.94. The Bertz CT molecular complexity index is 1800. The maximum atomic E-state index is 10.4. The summed E-state index contributed by atoms with van der Waals surface area (Å²) in [5, 5.41) is 11.6. The molecule has 5 heteroatoms. The van der Waals surface area contributed by atoms with Crippen LogP contribution < -0.4 is 0 Å². The van der Waals surface area contributed by atoms with Gasteiger partial charge in [0.05, 0.1) is 11.1 Å². The van der Waals surface area contributed by atoms with Gasteiger partial charge in [-0.05, 0) is 47.6 Å². The smallest absolute Gasteiger partial charge is 0.230 e. The molecule has 192 valence electrons. The van der Waals surface area contributed by atoms with E-state index in [9.17, 15) is 5.11 Å². The summed E-state index contributed by atoms with van der Waals surface area (Å²) >= 11 is 0. The molecule has 0 bridgehead atoms. The summed E-state index contributed by atoms with van der Waals surface area (Å²) in [7, 11) is 0. The topological polar surface area (TPSA) is 59.2 Å². The summed E-state index contributed by atoms with van der Waals surface area (Å²) in [6.07, 6.45) is 1.86. The maximum absolute atomic E-state index is 10.4. The van der Waals surface area contributed by atoms with Crippen LogP contribution >= 0.6 is 0 Å². The number of hydrogen-bond donors (Lipinski definition) is 1. The molecule has 6 aromatic rings. The first kappa shape index (κ1) is 25.9. The van der Waals surface area contributed by atoms with Crippen molar-refractivity contribution in [2.45, 2.75) is 33.6 Å². The van der Waals surface area contributed by atoms with Gasteiger partial charge in [0.2, 0.25) is 5.89 Å². The van der Waals surface area contributed by atoms with Crippen LogP contribution in [0.15, 0.2) is 83.4 Å². The van der Waals surface area contributed by atoms with Crippen molar-refractivity contribution in [1.82, 2.24) is 9.97 Å². The number of aryl methyl sites for hydroxylation is 2. The van der Waals surface area contributed by atoms with Gasteiger partial charge in [0.1, 0.15) is 5.75 Å². The van der Waals surface area contributed by atoms with E-state index in [0.717, 1.165) is 55.4 Å². The van der Waals surface area contributed by atoms with Gasteiger partial charge in [-0.1, -0.05) is 74.4 Å². The number of fused-ring (bicyclic) bond motifs is 2. The Balaban J connectivity index is 0.00000294. The third kappa shape index (κ3) is 4.44. The molecule has 0 amide bonds. The van der Waals surface area contributed by atoms with Crippen LogP contribution in [-0.4, -0.2) is 15.1 Å². The van der Waals surface area contributed by atoms with Crippen molar-refractivity contribution in [1.29, 1.82) is 0 Å². The zero-order chi connectivity index (χ0) is 25.7. The predicted molar refractivity (Wildman–Crippen MR) is 150 cm³/mol. The molecule has 0 aliphatic rings. The van der Waals surface area contributed by atoms with Crippen molar-refractivity contribution >= 4 is 22.0 Å². The molecular formula is C33H27N2O2Pt-. The fraction of sp³-hybridized carbons (Fsp3) is 0.152. The molecule has 4 aromatic carbocycles. The standard InChI is InChI=1S/C33H27N2O2.Pt/c1-19(2)24-12-13-27(31-32(24)37-33(35-31)28-8-5-6-11-29(28)36)23-17-20(3)16-22(18-23)26-10-7-9-25-21(4)14-15-34-30(25)26;/h5-17,19,36H,1-4H3;/q-1;. The van der Waals surface area contributed by atoms with Crippen LogP contribution in [-0.2, 0) is 21.1 Å². The molecule has 4 nitrogen and oxygen atoms in total. The number of nitrogens with zero attached hydrogens (tertiary/aromatic N) is 2. The third-order valence-corrected chi connectivity index (χ3v) is 6.91. The van der Waals surface area contributed by atoms with Gasteiger partial charge in [0, 0.05) is 32.8 Å². The summed E-state index contributed by atoms with van der Waals surface area (Å²) < 4.78 is 6.31. The van der Waals surface area contributed by atoms with E-state index in [1.54, 1.807) is 12.1 Å². The van der Waals surface area contributed by atoms with E-state index < -0.39 is 0 Å². The van der Waals surface area contributed by atoms with Crippen LogP contribution in [0.2, 0.25) is 0 Å². The Hall–Kier alpha value is -3.75. The fourth-order valence-corrected chi connectivity index (χ4v) is 5.00. The molecule has 38 heavy (non-hydrogen) atoms. The Morgan fingerprint density at radius 2 is 1.53 bits per heavy atom. The fourth-order valence-electron chi connectivity index (χ4n) is 5.00. The van der Waals surface area contributed by atoms with Crippen LogP contribution in [0.5, 0.6) is 5.75 Å². The average molecular weight is 679 g/mol. The number of phenolic OH excluding ortho intramolecular Hbond substituents is 1. The van der Waals surface area contributed by atoms with Crippen LogP contribution in [0.4, 0.5) is 0 Å². The number of phenols is 1. The predicted octanol–water partition coefficient (Wildman–Crippen LogP) is 8.62. The van der Waals surface area contributed by atoms with Gasteiger partial charge < -0.3 is 9.52 Å². The molecule has 0 atom stereocenters. The summed E-state index contributed by atoms with van der Waals surface area (Å²) in [5.41, 5.74) is 10.4. The molecule has 0 radical (unpaired) electrons. The molecule has 6 rings (SSSR count). The van der Waals surface area contributed by atoms with E-state index in [2.05, 4.69) is 76.2 Å². The van der Waals surface area contributed by atoms with Gasteiger partial charge in [0.15, 0.2) is 5.58 Å². The number of hydrogen-bond acceptors (Lipinski definition) is 4. The Morgan fingerprint density at radius 3 is 2.26 bits per heavy atom. The zero-order valence-electron chi connectivity index (χ0n) is 21.6. The number of pyridine rings is 1. The third-order valence-electron chi connectivity index (χ3n) is 6.91. The molecular weight excluding hydrogens is 651 g/mol. The molecule has 2 aromatic heterocycles. The van der Waals surface area contributed by atoms with Gasteiger partial charge >= 0.3 is 0 Å². The van der Waals surface area contributed by atoms with E-state index in [1.165, 1.54) is 5.56 Å². The molecule has 0 aliphatic heterocycles. The molecule has 2 heterocycles. The number of aromatic nitrogens is 2. The average Bonchev–Trinajstić information content (AvgIpc) is 3.33. The molecule has 1 N–H and O–H groups in total. The number of para-hydroxylation sites is 2. The van der Waals surface area contributed by atoms with Gasteiger partial charge in [-0.25, -0.2) is 4.98 Å². The number of benzene rings is 4. The van der Waals surface area contributed by atoms with Gasteiger partial charge in [-0.15, -0.1) is 34.9 Å². The molecule has 0 aliphatic carbocycles. The van der Waals surface area contributed by atoms with Crippen LogP contribution in [0.25, 0.3) is 55.7 Å². The maximum Gasteiger partial charge on any atom is 0.230 e. The first-order valence-electron chi connectivity index (χ1n) is 12.5. The quantitative estimate of drug-likeness (QED) is 0.190. The van der Waals surface area contributed by atoms with Crippen LogP contribution in [0.3, 0.4) is 0 Å². The summed E-state index contributed by atoms with van der Waals surface area (Å²) in [5.74, 6) is 0.803. The largest absolute Gasteiger partial charge is 0.507 e. The van der Waals surface area contributed by atoms with Gasteiger partial charge in [0.25, 0.3) is 0 Å². The number of oxazole rings is 1. The zero-order valence-corrected chi connectivity index (χ0v) is 23.9. The monoisotopic (exact) mass is 678 g/mol. The van der Waals surface area contributed by atoms with Crippen molar-refractivity contribution in [3.8, 4) is 39.5 Å². The molecule has 0 spiro atoms. The van der Waals surface area contributed by atoms with Crippen molar-refractivity contribution in [2.75, 3.05) is 0 Å². The minimum Gasteiger partial charge on any atom is -0.507 e. The number of rotatable bonds is 4. The van der Waals surface area contributed by atoms with Crippen molar-refractivity contribution < 1.29 is 30.6 Å². The van der Waals surface area contributed by atoms with E-state index in [0.29, 0.717) is 11.5 Å². The molecule has 0 saturated heterocycles. The van der Waals surface area contributed by atoms with Gasteiger partial charge in [-0.2, -0.15) is 0 Å². The van der Waals surface area contributed by atoms with Crippen molar-refractivity contribution in [3.05, 3.63) is 102 Å². The minimum atomic E-state index is 0. The normalized spacial score (nSPS) is 11.3. The second-order valence-electron chi connectivity index (χ2n) is 9.89. The van der Waals surface area contributed by atoms with E-state index in [1.807, 2.05) is 24.4 Å². The SMILES string of the molecule is Cc1cc(-c2cccc3c(C)ccnc23)[c-]c(-c2ccc(C(C)C)c3oc(-c4ccccc4O)nc23)c1.[Pt]. The van der Waals surface area contributed by atoms with E-state index in [-0.39, 0.29) is 32.7 Å². The summed E-state index contributed by atoms with van der Waals surface area (Å²) in [6.45, 7) is 8.49. The summed E-state index contributed by atoms with van der Waals surface area (Å²) in [6, 6.07) is 27.6. The first-order valence-corrected chi connectivity index (χ1v) is 12.5. The van der Waals surface area contributed by atoms with Crippen LogP contribution in [0, 0.1) is 19.9 Å². The minimum absolute atomic E-state index is 0. The molecule has 0 fully saturated rings. The Morgan fingerprint density at radius 1 is 0.816 bits per heavy atom. The first-order chi connectivity index (χ1) is 17.9. The second kappa shape index (κ2) is 10.2. The van der Waals surface area contributed by atoms with Gasteiger partial charge in [-0.3, -0.25) is 4.98 Å².